The maximum atomic E-state index is 13.1. The summed E-state index contributed by atoms with van der Waals surface area (Å²) in [6, 6.07) is 25.6. The molecule has 0 spiro atoms. The fourth-order valence-corrected chi connectivity index (χ4v) is 8.65. The third-order valence-corrected chi connectivity index (χ3v) is 10.8. The number of rotatable bonds is 6. The second-order valence-corrected chi connectivity index (χ2v) is 13.0. The molecule has 5 heterocycles. The van der Waals surface area contributed by atoms with E-state index in [-0.39, 0.29) is 17.8 Å². The molecule has 2 aromatic heterocycles. The number of thiophene rings is 1. The van der Waals surface area contributed by atoms with Gasteiger partial charge in [0.05, 0.1) is 15.9 Å². The summed E-state index contributed by atoms with van der Waals surface area (Å²) in [5, 5.41) is 8.89. The van der Waals surface area contributed by atoms with E-state index in [2.05, 4.69) is 75.9 Å². The van der Waals surface area contributed by atoms with Gasteiger partial charge in [0.25, 0.3) is 12.4 Å². The van der Waals surface area contributed by atoms with Gasteiger partial charge in [-0.15, -0.1) is 11.3 Å². The number of piperidine rings is 2. The van der Waals surface area contributed by atoms with Crippen LogP contribution in [-0.4, -0.2) is 68.6 Å². The van der Waals surface area contributed by atoms with E-state index in [4.69, 9.17) is 14.9 Å². The van der Waals surface area contributed by atoms with Gasteiger partial charge in [0, 0.05) is 31.2 Å². The van der Waals surface area contributed by atoms with Crippen LogP contribution in [0.2, 0.25) is 0 Å². The van der Waals surface area contributed by atoms with E-state index in [1.54, 1.807) is 11.3 Å². The molecule has 7 nitrogen and oxygen atoms in total. The summed E-state index contributed by atoms with van der Waals surface area (Å²) in [5.74, 6) is 1.36. The predicted molar refractivity (Wildman–Crippen MR) is 167 cm³/mol. The lowest BCUT2D eigenvalue weighted by molar-refractivity contribution is -0.122. The highest BCUT2D eigenvalue weighted by atomic mass is 32.1. The summed E-state index contributed by atoms with van der Waals surface area (Å²) in [4.78, 5) is 32.1. The van der Waals surface area contributed by atoms with Crippen molar-refractivity contribution in [3.63, 3.8) is 0 Å². The number of carboxylic acid groups (broad SMARTS) is 1. The Balaban J connectivity index is 0.00000101. The van der Waals surface area contributed by atoms with Crippen molar-refractivity contribution in [1.82, 2.24) is 19.4 Å². The van der Waals surface area contributed by atoms with Crippen LogP contribution >= 0.6 is 11.3 Å². The highest BCUT2D eigenvalue weighted by Crippen LogP contribution is 2.45. The number of aryl methyl sites for hydroxylation is 1. The van der Waals surface area contributed by atoms with Gasteiger partial charge < -0.3 is 14.6 Å². The van der Waals surface area contributed by atoms with Gasteiger partial charge in [-0.1, -0.05) is 48.5 Å². The molecule has 3 aliphatic rings. The molecule has 3 aliphatic heterocycles. The summed E-state index contributed by atoms with van der Waals surface area (Å²) in [6.07, 6.45) is 8.32. The number of likely N-dealkylation sites (tertiary alicyclic amines) is 1. The molecular weight excluding hydrogens is 544 g/mol. The molecule has 3 saturated heterocycles. The van der Waals surface area contributed by atoms with Gasteiger partial charge >= 0.3 is 0 Å². The first-order valence-electron chi connectivity index (χ1n) is 15.2. The van der Waals surface area contributed by atoms with Crippen LogP contribution in [0.5, 0.6) is 0 Å². The maximum absolute atomic E-state index is 13.1. The molecule has 4 aromatic rings. The molecule has 0 radical (unpaired) electrons. The predicted octanol–water partition coefficient (Wildman–Crippen LogP) is 6.54. The minimum atomic E-state index is -0.250. The monoisotopic (exact) mass is 584 g/mol. The SMILES string of the molecule is Cc1nc2ccccc2n1C1C[C@H]2CC[C@@H](C1)N2CCC1(c2ccccc2)CCN(C(=O)c2cccs2)CC1.O=CO. The number of imidazole rings is 1. The second kappa shape index (κ2) is 12.4. The van der Waals surface area contributed by atoms with Crippen LogP contribution < -0.4 is 0 Å². The van der Waals surface area contributed by atoms with E-state index < -0.39 is 0 Å². The van der Waals surface area contributed by atoms with Gasteiger partial charge in [-0.05, 0) is 93.0 Å². The van der Waals surface area contributed by atoms with E-state index in [0.29, 0.717) is 18.1 Å². The van der Waals surface area contributed by atoms with Crippen molar-refractivity contribution in [3.8, 4) is 0 Å². The van der Waals surface area contributed by atoms with Gasteiger partial charge in [-0.3, -0.25) is 14.5 Å². The van der Waals surface area contributed by atoms with Crippen molar-refractivity contribution in [3.05, 3.63) is 88.4 Å². The minimum Gasteiger partial charge on any atom is -0.483 e. The molecule has 2 bridgehead atoms. The summed E-state index contributed by atoms with van der Waals surface area (Å²) >= 11 is 1.55. The molecule has 2 aromatic carbocycles. The first kappa shape index (κ1) is 28.6. The number of aromatic nitrogens is 2. The van der Waals surface area contributed by atoms with Crippen molar-refractivity contribution in [2.75, 3.05) is 19.6 Å². The maximum Gasteiger partial charge on any atom is 0.290 e. The van der Waals surface area contributed by atoms with Crippen LogP contribution in [-0.2, 0) is 10.2 Å². The molecule has 220 valence electrons. The van der Waals surface area contributed by atoms with Gasteiger partial charge in [0.1, 0.15) is 5.82 Å². The van der Waals surface area contributed by atoms with E-state index in [1.807, 2.05) is 17.5 Å². The van der Waals surface area contributed by atoms with Crippen molar-refractivity contribution in [2.24, 2.45) is 0 Å². The number of amides is 1. The van der Waals surface area contributed by atoms with Crippen LogP contribution in [0, 0.1) is 6.92 Å². The quantitative estimate of drug-likeness (QED) is 0.261. The number of hydrogen-bond acceptors (Lipinski definition) is 5. The van der Waals surface area contributed by atoms with E-state index in [1.165, 1.54) is 43.2 Å². The highest BCUT2D eigenvalue weighted by molar-refractivity contribution is 7.12. The number of carbonyl (C=O) groups excluding carboxylic acids is 1. The number of nitrogens with zero attached hydrogens (tertiary/aromatic N) is 4. The Labute approximate surface area is 251 Å². The number of fused-ring (bicyclic) bond motifs is 3. The van der Waals surface area contributed by atoms with Crippen molar-refractivity contribution in [2.45, 2.75) is 75.4 Å². The van der Waals surface area contributed by atoms with Crippen LogP contribution in [0.4, 0.5) is 0 Å². The number of para-hydroxylation sites is 2. The Kier molecular flexibility index (Phi) is 8.45. The van der Waals surface area contributed by atoms with Crippen molar-refractivity contribution in [1.29, 1.82) is 0 Å². The van der Waals surface area contributed by atoms with Crippen molar-refractivity contribution < 1.29 is 14.7 Å². The van der Waals surface area contributed by atoms with Crippen LogP contribution in [0.1, 0.15) is 72.0 Å². The van der Waals surface area contributed by atoms with Gasteiger partial charge in [0.15, 0.2) is 0 Å². The zero-order valence-corrected chi connectivity index (χ0v) is 25.1. The van der Waals surface area contributed by atoms with Crippen LogP contribution in [0.15, 0.2) is 72.1 Å². The van der Waals surface area contributed by atoms with E-state index >= 15 is 0 Å². The molecule has 8 heteroatoms. The molecule has 3 atom stereocenters. The third kappa shape index (κ3) is 5.50. The largest absolute Gasteiger partial charge is 0.483 e. The van der Waals surface area contributed by atoms with E-state index in [9.17, 15) is 4.79 Å². The fourth-order valence-electron chi connectivity index (χ4n) is 7.96. The number of hydrogen-bond donors (Lipinski definition) is 1. The molecule has 0 aliphatic carbocycles. The Morgan fingerprint density at radius 2 is 1.64 bits per heavy atom. The molecule has 7 rings (SSSR count). The average Bonchev–Trinajstić information content (AvgIpc) is 3.73. The molecule has 1 amide bonds. The third-order valence-electron chi connectivity index (χ3n) is 9.97. The normalized spacial score (nSPS) is 23.4. The topological polar surface area (TPSA) is 78.7 Å². The Hall–Kier alpha value is -3.49. The summed E-state index contributed by atoms with van der Waals surface area (Å²) in [7, 11) is 0. The standard InChI is InChI=1S/C33H38N4OS.CH2O2/c1-24-34-29-10-5-6-11-30(29)37(24)28-22-26-13-14-27(23-28)36(26)20-17-33(25-8-3-2-4-9-25)15-18-35(19-16-33)32(38)31-12-7-21-39-31;2-1-3/h2-12,21,26-28H,13-20,22-23H2,1H3;1H,(H,2,3)/t26-,27+,28?;. The van der Waals surface area contributed by atoms with Crippen LogP contribution in [0.25, 0.3) is 11.0 Å². The number of benzene rings is 2. The lowest BCUT2D eigenvalue weighted by Gasteiger charge is -2.45. The highest BCUT2D eigenvalue weighted by Gasteiger charge is 2.44. The second-order valence-electron chi connectivity index (χ2n) is 12.0. The molecule has 1 N–H and O–H groups in total. The lowest BCUT2D eigenvalue weighted by atomic mass is 9.70. The summed E-state index contributed by atoms with van der Waals surface area (Å²) in [5.41, 5.74) is 4.01. The van der Waals surface area contributed by atoms with Gasteiger partial charge in [0.2, 0.25) is 0 Å². The number of carbonyl (C=O) groups is 2. The molecule has 42 heavy (non-hydrogen) atoms. The van der Waals surface area contributed by atoms with E-state index in [0.717, 1.165) is 48.7 Å². The first-order chi connectivity index (χ1) is 20.5. The molecular formula is C34H40N4O3S. The zero-order chi connectivity index (χ0) is 29.1. The van der Waals surface area contributed by atoms with Gasteiger partial charge in [-0.2, -0.15) is 0 Å². The summed E-state index contributed by atoms with van der Waals surface area (Å²) < 4.78 is 2.53. The zero-order valence-electron chi connectivity index (χ0n) is 24.3. The Morgan fingerprint density at radius 3 is 2.31 bits per heavy atom. The molecule has 3 fully saturated rings. The smallest absolute Gasteiger partial charge is 0.290 e. The Morgan fingerprint density at radius 1 is 0.976 bits per heavy atom. The van der Waals surface area contributed by atoms with Gasteiger partial charge in [-0.25, -0.2) is 4.98 Å². The van der Waals surface area contributed by atoms with Crippen LogP contribution in [0.3, 0.4) is 0 Å². The average molecular weight is 585 g/mol. The Bertz CT molecular complexity index is 1480. The fraction of sp³-hybridized carbons (Fsp3) is 0.441. The first-order valence-corrected chi connectivity index (χ1v) is 16.1. The lowest BCUT2D eigenvalue weighted by Crippen LogP contribution is -2.49. The van der Waals surface area contributed by atoms with Crippen molar-refractivity contribution >= 4 is 34.7 Å². The minimum absolute atomic E-state index is 0.140. The summed E-state index contributed by atoms with van der Waals surface area (Å²) in [6.45, 7) is 4.76. The molecule has 1 unspecified atom stereocenters. The molecule has 0 saturated carbocycles.